The first-order valence-electron chi connectivity index (χ1n) is 11.3. The molecule has 0 fully saturated rings. The molecule has 2 amide bonds. The molecule has 6 nitrogen and oxygen atoms in total. The molecule has 0 aromatic heterocycles. The van der Waals surface area contributed by atoms with E-state index in [1.165, 1.54) is 18.9 Å². The maximum absolute atomic E-state index is 13.1. The van der Waals surface area contributed by atoms with Gasteiger partial charge in [-0.3, -0.25) is 9.59 Å². The summed E-state index contributed by atoms with van der Waals surface area (Å²) >= 11 is 2.92. The largest absolute Gasteiger partial charge is 0.471 e. The molecule has 2 N–H and O–H groups in total. The summed E-state index contributed by atoms with van der Waals surface area (Å²) < 4.78 is 42.6. The number of ether oxygens (including phenoxy) is 1. The molecular weight excluding hydrogens is 501 g/mol. The maximum atomic E-state index is 13.1. The average molecular weight is 537 g/mol. The van der Waals surface area contributed by atoms with Gasteiger partial charge in [0.1, 0.15) is 6.04 Å². The Hall–Kier alpha value is -1.88. The minimum atomic E-state index is -4.91. The molecule has 0 spiro atoms. The van der Waals surface area contributed by atoms with Crippen molar-refractivity contribution in [1.82, 2.24) is 10.6 Å². The highest BCUT2D eigenvalue weighted by molar-refractivity contribution is 7.98. The van der Waals surface area contributed by atoms with E-state index in [1.54, 1.807) is 24.1 Å². The second-order valence-electron chi connectivity index (χ2n) is 8.42. The number of carbonyl (C=O) groups is 3. The third kappa shape index (κ3) is 10.7. The summed E-state index contributed by atoms with van der Waals surface area (Å²) in [6.07, 6.45) is 0.635. The molecule has 35 heavy (non-hydrogen) atoms. The second kappa shape index (κ2) is 15.3. The number of benzene rings is 1. The number of hydrogen-bond donors (Lipinski definition) is 2. The summed E-state index contributed by atoms with van der Waals surface area (Å²) in [4.78, 5) is 36.5. The summed E-state index contributed by atoms with van der Waals surface area (Å²) in [5.41, 5.74) is 2.14. The van der Waals surface area contributed by atoms with Gasteiger partial charge in [-0.15, -0.1) is 0 Å². The normalized spacial score (nSPS) is 13.3. The number of esters is 1. The van der Waals surface area contributed by atoms with Crippen molar-refractivity contribution < 1.29 is 32.3 Å². The molecular formula is C24H35F3N2O4S2. The predicted molar refractivity (Wildman–Crippen MR) is 136 cm³/mol. The second-order valence-corrected chi connectivity index (χ2v) is 10.3. The molecule has 0 saturated heterocycles. The topological polar surface area (TPSA) is 84.5 Å². The highest BCUT2D eigenvalue weighted by Crippen LogP contribution is 2.23. The Morgan fingerprint density at radius 3 is 2.29 bits per heavy atom. The van der Waals surface area contributed by atoms with Crippen molar-refractivity contribution in [1.29, 1.82) is 0 Å². The van der Waals surface area contributed by atoms with Crippen LogP contribution in [0.5, 0.6) is 0 Å². The fourth-order valence-electron chi connectivity index (χ4n) is 3.54. The SMILES string of the molecule is COC(=O)[C@@H](CCSC)NC(=O)c1cc(CCC[C@H](CSC)NC(=O)C(F)(F)F)ccc1C(C)C. The van der Waals surface area contributed by atoms with Crippen molar-refractivity contribution >= 4 is 41.3 Å². The molecule has 0 saturated carbocycles. The van der Waals surface area contributed by atoms with Crippen molar-refractivity contribution in [2.75, 3.05) is 31.1 Å². The number of alkyl halides is 3. The van der Waals surface area contributed by atoms with E-state index in [0.29, 0.717) is 42.8 Å². The van der Waals surface area contributed by atoms with Gasteiger partial charge in [0.15, 0.2) is 0 Å². The molecule has 0 bridgehead atoms. The van der Waals surface area contributed by atoms with Crippen LogP contribution in [-0.4, -0.2) is 67.2 Å². The zero-order chi connectivity index (χ0) is 26.6. The molecule has 2 atom stereocenters. The zero-order valence-electron chi connectivity index (χ0n) is 20.8. The van der Waals surface area contributed by atoms with Crippen LogP contribution >= 0.6 is 23.5 Å². The fraction of sp³-hybridized carbons (Fsp3) is 0.625. The predicted octanol–water partition coefficient (Wildman–Crippen LogP) is 4.57. The molecule has 1 aromatic carbocycles. The van der Waals surface area contributed by atoms with Gasteiger partial charge in [0.05, 0.1) is 7.11 Å². The minimum Gasteiger partial charge on any atom is -0.467 e. The van der Waals surface area contributed by atoms with Gasteiger partial charge in [0, 0.05) is 17.4 Å². The van der Waals surface area contributed by atoms with E-state index < -0.39 is 30.1 Å². The molecule has 11 heteroatoms. The van der Waals surface area contributed by atoms with Crippen LogP contribution in [0.4, 0.5) is 13.2 Å². The van der Waals surface area contributed by atoms with Crippen LogP contribution in [0.25, 0.3) is 0 Å². The highest BCUT2D eigenvalue weighted by atomic mass is 32.2. The fourth-order valence-corrected chi connectivity index (χ4v) is 4.66. The Bertz CT molecular complexity index is 851. The van der Waals surface area contributed by atoms with Crippen molar-refractivity contribution in [2.24, 2.45) is 0 Å². The Morgan fingerprint density at radius 2 is 1.74 bits per heavy atom. The Labute approximate surface area is 213 Å². The molecule has 0 unspecified atom stereocenters. The lowest BCUT2D eigenvalue weighted by molar-refractivity contribution is -0.174. The molecule has 198 valence electrons. The number of methoxy groups -OCH3 is 1. The third-order valence-electron chi connectivity index (χ3n) is 5.36. The van der Waals surface area contributed by atoms with Gasteiger partial charge in [-0.25, -0.2) is 4.79 Å². The molecule has 1 rings (SSSR count). The molecule has 1 aromatic rings. The highest BCUT2D eigenvalue weighted by Gasteiger charge is 2.39. The van der Waals surface area contributed by atoms with E-state index in [4.69, 9.17) is 4.74 Å². The number of amides is 2. The number of nitrogens with one attached hydrogen (secondary N) is 2. The van der Waals surface area contributed by atoms with Gasteiger partial charge < -0.3 is 15.4 Å². The number of carbonyl (C=O) groups excluding carboxylic acids is 3. The van der Waals surface area contributed by atoms with E-state index in [9.17, 15) is 27.6 Å². The van der Waals surface area contributed by atoms with E-state index in [1.807, 2.05) is 32.2 Å². The van der Waals surface area contributed by atoms with Gasteiger partial charge in [-0.1, -0.05) is 26.0 Å². The number of aryl methyl sites for hydroxylation is 1. The molecule has 0 heterocycles. The van der Waals surface area contributed by atoms with E-state index in [-0.39, 0.29) is 11.8 Å². The van der Waals surface area contributed by atoms with Crippen LogP contribution in [0.15, 0.2) is 18.2 Å². The van der Waals surface area contributed by atoms with Crippen LogP contribution in [0.2, 0.25) is 0 Å². The van der Waals surface area contributed by atoms with Crippen LogP contribution in [-0.2, 0) is 20.7 Å². The smallest absolute Gasteiger partial charge is 0.467 e. The first-order valence-corrected chi connectivity index (χ1v) is 14.1. The van der Waals surface area contributed by atoms with Crippen molar-refractivity contribution in [3.8, 4) is 0 Å². The summed E-state index contributed by atoms with van der Waals surface area (Å²) in [6, 6.07) is 4.18. The first-order chi connectivity index (χ1) is 16.4. The van der Waals surface area contributed by atoms with E-state index in [0.717, 1.165) is 11.1 Å². The van der Waals surface area contributed by atoms with Gasteiger partial charge in [-0.05, 0) is 67.1 Å². The number of rotatable bonds is 14. The Balaban J connectivity index is 2.96. The van der Waals surface area contributed by atoms with Gasteiger partial charge in [-0.2, -0.15) is 36.7 Å². The quantitative estimate of drug-likeness (QED) is 0.339. The van der Waals surface area contributed by atoms with E-state index >= 15 is 0 Å². The molecule has 0 aliphatic carbocycles. The standard InChI is InChI=1S/C24H35F3N2O4S2/c1-15(2)18-10-9-16(7-6-8-17(14-35-5)28-23(32)24(25,26)27)13-19(18)21(30)29-20(11-12-34-4)22(31)33-3/h9-10,13,15,17,20H,6-8,11-12,14H2,1-5H3,(H,28,32)(H,29,30)/t17-,20-/m1/s1. The van der Waals surface area contributed by atoms with Crippen molar-refractivity contribution in [3.05, 3.63) is 34.9 Å². The number of thioether (sulfide) groups is 2. The van der Waals surface area contributed by atoms with Crippen LogP contribution in [0.1, 0.15) is 60.5 Å². The lowest BCUT2D eigenvalue weighted by Crippen LogP contribution is -2.44. The summed E-state index contributed by atoms with van der Waals surface area (Å²) in [7, 11) is 1.28. The minimum absolute atomic E-state index is 0.0658. The maximum Gasteiger partial charge on any atom is 0.471 e. The summed E-state index contributed by atoms with van der Waals surface area (Å²) in [5.74, 6) is -1.69. The average Bonchev–Trinajstić information content (AvgIpc) is 2.80. The molecule has 0 radical (unpaired) electrons. The molecule has 0 aliphatic rings. The third-order valence-corrected chi connectivity index (χ3v) is 6.74. The monoisotopic (exact) mass is 536 g/mol. The lowest BCUT2D eigenvalue weighted by atomic mass is 9.93. The Kier molecular flexibility index (Phi) is 13.6. The first kappa shape index (κ1) is 31.2. The van der Waals surface area contributed by atoms with Crippen molar-refractivity contribution in [3.63, 3.8) is 0 Å². The van der Waals surface area contributed by atoms with Gasteiger partial charge >= 0.3 is 18.1 Å². The van der Waals surface area contributed by atoms with Crippen LogP contribution in [0, 0.1) is 0 Å². The summed E-state index contributed by atoms with van der Waals surface area (Å²) in [6.45, 7) is 3.93. The Morgan fingerprint density at radius 1 is 1.06 bits per heavy atom. The van der Waals surface area contributed by atoms with Gasteiger partial charge in [0.25, 0.3) is 5.91 Å². The van der Waals surface area contributed by atoms with Crippen molar-refractivity contribution in [2.45, 2.75) is 63.7 Å². The van der Waals surface area contributed by atoms with E-state index in [2.05, 4.69) is 10.6 Å². The number of hydrogen-bond acceptors (Lipinski definition) is 6. The summed E-state index contributed by atoms with van der Waals surface area (Å²) in [5, 5.41) is 4.84. The number of halogens is 3. The van der Waals surface area contributed by atoms with Crippen LogP contribution < -0.4 is 10.6 Å². The lowest BCUT2D eigenvalue weighted by Gasteiger charge is -2.20. The van der Waals surface area contributed by atoms with Gasteiger partial charge in [0.2, 0.25) is 0 Å². The molecule has 0 aliphatic heterocycles. The van der Waals surface area contributed by atoms with Crippen LogP contribution in [0.3, 0.4) is 0 Å². The zero-order valence-corrected chi connectivity index (χ0v) is 22.4.